The Kier molecular flexibility index (Phi) is 42.4. The van der Waals surface area contributed by atoms with Crippen LogP contribution >= 0.6 is 33.2 Å². The fraction of sp³-hybridized carbons (Fsp3) is 0.446. The Morgan fingerprint density at radius 3 is 1.58 bits per heavy atom. The van der Waals surface area contributed by atoms with Gasteiger partial charge in [0, 0.05) is 162 Å². The van der Waals surface area contributed by atoms with Crippen LogP contribution in [0.4, 0.5) is 0 Å². The summed E-state index contributed by atoms with van der Waals surface area (Å²) in [7, 11) is 1.68. The Balaban J connectivity index is 1.05. The van der Waals surface area contributed by atoms with Crippen LogP contribution in [0.5, 0.6) is 5.75 Å². The van der Waals surface area contributed by atoms with E-state index in [1.165, 1.54) is 70.9 Å². The van der Waals surface area contributed by atoms with Crippen LogP contribution in [0.25, 0.3) is 10.8 Å². The third kappa shape index (κ3) is 36.2. The normalized spacial score (nSPS) is 18.1. The van der Waals surface area contributed by atoms with Crippen molar-refractivity contribution in [2.75, 3.05) is 83.5 Å². The monoisotopic (exact) mass is 1950 g/mol. The second-order valence-electron chi connectivity index (χ2n) is 33.6. The summed E-state index contributed by atoms with van der Waals surface area (Å²) in [5, 5.41) is 74.5. The fourth-order valence-electron chi connectivity index (χ4n) is 15.2. The number of carboxylic acids is 1. The number of aliphatic hydroxyl groups excluding tert-OH is 1. The van der Waals surface area contributed by atoms with Gasteiger partial charge in [-0.1, -0.05) is 150 Å². The molecule has 20 N–H and O–H groups in total. The number of phenolic OH excluding ortho intramolecular Hbond substituents is 1. The number of aliphatic hydroxyl groups is 1. The molecule has 11 atom stereocenters. The van der Waals surface area contributed by atoms with Crippen molar-refractivity contribution in [2.24, 2.45) is 5.92 Å². The molecule has 2 saturated heterocycles. The number of rotatable bonds is 44. The van der Waals surface area contributed by atoms with Crippen LogP contribution in [-0.2, 0) is 127 Å². The predicted octanol–water partition coefficient (Wildman–Crippen LogP) is -1.52. The molecule has 4 heterocycles. The van der Waals surface area contributed by atoms with Gasteiger partial charge in [0.05, 0.1) is 54.7 Å². The van der Waals surface area contributed by atoms with Gasteiger partial charge in [-0.25, -0.2) is 9.97 Å². The van der Waals surface area contributed by atoms with E-state index in [-0.39, 0.29) is 155 Å². The second kappa shape index (κ2) is 54.3. The van der Waals surface area contributed by atoms with Crippen molar-refractivity contribution in [3.05, 3.63) is 185 Å². The Bertz CT molecular complexity index is 5290. The molecule has 5 aromatic carbocycles. The van der Waals surface area contributed by atoms with Gasteiger partial charge >= 0.3 is 5.97 Å². The molecule has 2 fully saturated rings. The highest BCUT2D eigenvalue weighted by molar-refractivity contribution is 8.76. The minimum atomic E-state index is -2.02. The van der Waals surface area contributed by atoms with Crippen molar-refractivity contribution in [1.29, 1.82) is 0 Å². The molecular formula is C92H119ClN22O20S2. The number of H-pyrrole nitrogens is 2. The van der Waals surface area contributed by atoms with Crippen LogP contribution < -0.4 is 79.8 Å². The molecule has 16 amide bonds. The average Bonchev–Trinajstić information content (AvgIpc) is 1.73. The number of hydrogen-bond donors (Lipinski definition) is 20. The van der Waals surface area contributed by atoms with Crippen molar-refractivity contribution >= 4 is 144 Å². The number of fused-ring (bicyclic) bond motifs is 2. The van der Waals surface area contributed by atoms with Crippen LogP contribution in [0.2, 0.25) is 5.02 Å². The Morgan fingerprint density at radius 1 is 0.518 bits per heavy atom. The topological polar surface area (TPSA) is 598 Å². The molecule has 137 heavy (non-hydrogen) atoms. The number of aromatic hydroxyl groups is 1. The number of carbonyl (C=O) groups is 17. The number of halogens is 1. The van der Waals surface area contributed by atoms with Gasteiger partial charge in [-0.05, 0) is 63.1 Å². The van der Waals surface area contributed by atoms with E-state index in [9.17, 15) is 63.3 Å². The van der Waals surface area contributed by atoms with Crippen LogP contribution in [0.1, 0.15) is 100 Å². The van der Waals surface area contributed by atoms with Crippen molar-refractivity contribution in [1.82, 2.24) is 114 Å². The molecule has 0 saturated carbocycles. The molecule has 45 heteroatoms. The highest BCUT2D eigenvalue weighted by atomic mass is 35.5. The number of benzene rings is 5. The third-order valence-electron chi connectivity index (χ3n) is 22.1. The molecule has 0 radical (unpaired) electrons. The number of carboxylic acid groups (broad SMARTS) is 1. The van der Waals surface area contributed by atoms with Gasteiger partial charge in [-0.3, -0.25) is 91.3 Å². The predicted molar refractivity (Wildman–Crippen MR) is 507 cm³/mol. The van der Waals surface area contributed by atoms with Crippen LogP contribution in [0.15, 0.2) is 140 Å². The maximum Gasteiger partial charge on any atom is 0.305 e. The summed E-state index contributed by atoms with van der Waals surface area (Å²) in [6, 6.07) is 15.4. The fourth-order valence-corrected chi connectivity index (χ4v) is 17.7. The zero-order valence-electron chi connectivity index (χ0n) is 76.7. The number of carbonyl (C=O) groups excluding carboxylic acids is 16. The first-order chi connectivity index (χ1) is 65.5. The lowest BCUT2D eigenvalue weighted by Crippen LogP contribution is -2.61. The van der Waals surface area contributed by atoms with Crippen molar-refractivity contribution < 1.29 is 96.8 Å². The number of amides is 16. The number of imidazole rings is 2. The summed E-state index contributed by atoms with van der Waals surface area (Å²) in [6.45, 7) is 9.61. The minimum absolute atomic E-state index is 0.0334. The standard InChI is InChI=1S/C92H119ClN22O20S2/c1-53(2)33-69-84(127)111-76(90(133)108-73(38-64-44-94-51-102-64)87(130)106-72(37-63-17-12-16-62-15-10-11-18-67(62)63)83(126)101-43-60-21-19-59(20-22-60)42-100-80(122)47-113(29-25-96-54(3)116)30-26-97-55(4)117)49-136-137-50-77(92(135)115-46-66(120)40-78(115)91(134)110-71(36-61-23-24-79(121)68(93)34-61)86(129)109-75(41-82(124)125)89(132)105-69)112-88(131)74(39-65-45-95-52-103-65)107-85(128)70(35-58-13-8-7-9-14-58)104-81(123)48-114(31-27-98-56(5)118)32-28-99-57(6)119/h7-24,34,44-45,51-53,66,69-78,120-121H,25-33,35-43,46-50H2,1-6H3,(H,94,102)(H,95,103)(H,96,116)(H,97,117)(H,98,118)(H,99,119)(H,100,122)(H,101,126)(H,104,123)(H,105,132)(H,106,130)(H,107,128)(H,108,133)(H,109,129)(H,110,134)(H,111,127)(H,112,131)(H,124,125)/t66?,69-,70-,71-,72-,73-,74-,75-,76-,77-,78?/m0/s1. The van der Waals surface area contributed by atoms with E-state index in [1.807, 2.05) is 30.3 Å². The van der Waals surface area contributed by atoms with Gasteiger partial charge in [0.2, 0.25) is 94.5 Å². The Morgan fingerprint density at radius 2 is 1.02 bits per heavy atom. The largest absolute Gasteiger partial charge is 0.506 e. The summed E-state index contributed by atoms with van der Waals surface area (Å²) < 4.78 is 0. The first kappa shape index (κ1) is 107. The molecule has 736 valence electrons. The van der Waals surface area contributed by atoms with E-state index in [4.69, 9.17) is 11.6 Å². The molecule has 0 aliphatic carbocycles. The number of nitrogens with zero attached hydrogens (tertiary/aromatic N) is 5. The quantitative estimate of drug-likeness (QED) is 0.0193. The molecule has 0 bridgehead atoms. The SMILES string of the molecule is CC(=O)NCCN(CCNC(C)=O)CC(=O)NCc1ccc(CNC(=O)[C@H](Cc2cccc3ccccc23)NC(=O)[C@H](Cc2c[nH]cn2)NC(=O)[C@@H]2CSSC[C@H](NC(=O)[C@H](Cc3c[nH]cn3)NC(=O)[C@H](Cc3ccccc3)NC(=O)CN(CCNC(C)=O)CCNC(C)=O)C(=O)N3CC(O)CC3C(=O)N[C@@H](Cc3ccc(O)c(Cl)c3)C(=O)N[C@@H](CC(=O)O)C(=O)N[C@@H](CC(C)C)C(=O)N2)cc1. The molecule has 42 nitrogen and oxygen atoms in total. The van der Waals surface area contributed by atoms with E-state index in [0.717, 1.165) is 37.3 Å². The number of nitrogens with one attached hydrogen (secondary N) is 17. The van der Waals surface area contributed by atoms with E-state index < -0.39 is 181 Å². The molecule has 2 unspecified atom stereocenters. The first-order valence-corrected chi connectivity index (χ1v) is 47.5. The zero-order valence-corrected chi connectivity index (χ0v) is 79.1. The molecule has 7 aromatic rings. The lowest BCUT2D eigenvalue weighted by Gasteiger charge is -2.31. The van der Waals surface area contributed by atoms with Crippen LogP contribution in [0, 0.1) is 5.92 Å². The summed E-state index contributed by atoms with van der Waals surface area (Å²) in [5.41, 5.74) is 3.16. The molecule has 2 aromatic heterocycles. The summed E-state index contributed by atoms with van der Waals surface area (Å²) in [4.78, 5) is 259. The van der Waals surface area contributed by atoms with Crippen molar-refractivity contribution in [3.63, 3.8) is 0 Å². The highest BCUT2D eigenvalue weighted by Gasteiger charge is 2.45. The Labute approximate surface area is 803 Å². The van der Waals surface area contributed by atoms with Crippen molar-refractivity contribution in [3.8, 4) is 5.75 Å². The number of aromatic nitrogens is 4. The van der Waals surface area contributed by atoms with Gasteiger partial charge in [-0.2, -0.15) is 0 Å². The molecule has 2 aliphatic rings. The maximum atomic E-state index is 15.8. The number of phenols is 1. The molecule has 0 spiro atoms. The van der Waals surface area contributed by atoms with Gasteiger partial charge in [-0.15, -0.1) is 0 Å². The molecular weight excluding hydrogens is 1830 g/mol. The number of aliphatic carboxylic acids is 1. The second-order valence-corrected chi connectivity index (χ2v) is 36.6. The van der Waals surface area contributed by atoms with E-state index in [1.54, 1.807) is 90.4 Å². The zero-order chi connectivity index (χ0) is 99.2. The Hall–Kier alpha value is -13.6. The smallest absolute Gasteiger partial charge is 0.305 e. The summed E-state index contributed by atoms with van der Waals surface area (Å²) >= 11 is 6.35. The lowest BCUT2D eigenvalue weighted by atomic mass is 9.98. The lowest BCUT2D eigenvalue weighted by molar-refractivity contribution is -0.143. The number of aromatic amines is 2. The van der Waals surface area contributed by atoms with Gasteiger partial charge < -0.3 is 110 Å². The molecule has 9 rings (SSSR count). The highest BCUT2D eigenvalue weighted by Crippen LogP contribution is 2.29. The van der Waals surface area contributed by atoms with Crippen LogP contribution in [-0.4, -0.2) is 300 Å². The van der Waals surface area contributed by atoms with Gasteiger partial charge in [0.1, 0.15) is 66.2 Å². The first-order valence-electron chi connectivity index (χ1n) is 44.6. The van der Waals surface area contributed by atoms with E-state index >= 15 is 33.6 Å². The van der Waals surface area contributed by atoms with Crippen LogP contribution in [0.3, 0.4) is 0 Å². The van der Waals surface area contributed by atoms with Gasteiger partial charge in [0.15, 0.2) is 0 Å². The molecule has 2 aliphatic heterocycles. The third-order valence-corrected chi connectivity index (χ3v) is 24.8. The van der Waals surface area contributed by atoms with E-state index in [0.29, 0.717) is 35.3 Å². The number of hydrogen-bond acceptors (Lipinski definition) is 25. The average molecular weight is 1950 g/mol. The summed E-state index contributed by atoms with van der Waals surface area (Å²) in [5.74, 6) is -15.8. The van der Waals surface area contributed by atoms with E-state index in [2.05, 4.69) is 99.7 Å². The van der Waals surface area contributed by atoms with Gasteiger partial charge in [0.25, 0.3) is 0 Å². The summed E-state index contributed by atoms with van der Waals surface area (Å²) in [6.07, 6.45) is 0.774. The minimum Gasteiger partial charge on any atom is -0.506 e. The maximum absolute atomic E-state index is 15.8. The van der Waals surface area contributed by atoms with Crippen molar-refractivity contribution in [2.45, 2.75) is 173 Å².